The number of benzene rings is 1. The zero-order valence-corrected chi connectivity index (χ0v) is 19.9. The van der Waals surface area contributed by atoms with Gasteiger partial charge in [-0.1, -0.05) is 6.92 Å². The molecule has 1 saturated heterocycles. The van der Waals surface area contributed by atoms with Gasteiger partial charge in [0.05, 0.1) is 29.5 Å². The van der Waals surface area contributed by atoms with Crippen molar-refractivity contribution < 1.29 is 9.13 Å². The molecule has 1 fully saturated rings. The normalized spacial score (nSPS) is 13.4. The second kappa shape index (κ2) is 11.3. The average molecular weight is 465 g/mol. The van der Waals surface area contributed by atoms with Crippen molar-refractivity contribution in [3.63, 3.8) is 0 Å². The van der Waals surface area contributed by atoms with Crippen LogP contribution in [0.3, 0.4) is 0 Å². The highest BCUT2D eigenvalue weighted by molar-refractivity contribution is 7.13. The second-order valence-corrected chi connectivity index (χ2v) is 8.79. The molecule has 3 aromatic heterocycles. The molecule has 4 aromatic rings. The summed E-state index contributed by atoms with van der Waals surface area (Å²) < 4.78 is 20.8. The van der Waals surface area contributed by atoms with E-state index < -0.39 is 0 Å². The molecule has 1 aliphatic heterocycles. The van der Waals surface area contributed by atoms with Gasteiger partial charge in [-0.3, -0.25) is 4.98 Å². The number of hydrogen-bond donors (Lipinski definition) is 1. The molecule has 0 spiro atoms. The zero-order valence-electron chi connectivity index (χ0n) is 19.1. The van der Waals surface area contributed by atoms with Gasteiger partial charge in [0.2, 0.25) is 0 Å². The quantitative estimate of drug-likeness (QED) is 0.405. The van der Waals surface area contributed by atoms with E-state index in [0.29, 0.717) is 0 Å². The predicted molar refractivity (Wildman–Crippen MR) is 133 cm³/mol. The van der Waals surface area contributed by atoms with Gasteiger partial charge in [-0.2, -0.15) is 0 Å². The van der Waals surface area contributed by atoms with Gasteiger partial charge in [-0.25, -0.2) is 9.37 Å². The first kappa shape index (κ1) is 23.3. The molecule has 0 amide bonds. The molecule has 0 saturated carbocycles. The van der Waals surface area contributed by atoms with E-state index >= 15 is 0 Å². The van der Waals surface area contributed by atoms with E-state index in [0.717, 1.165) is 72.5 Å². The number of pyridine rings is 1. The van der Waals surface area contributed by atoms with Crippen molar-refractivity contribution in [2.24, 2.45) is 0 Å². The van der Waals surface area contributed by atoms with Crippen LogP contribution in [-0.4, -0.2) is 40.8 Å². The fourth-order valence-corrected chi connectivity index (χ4v) is 4.65. The molecule has 33 heavy (non-hydrogen) atoms. The number of morpholine rings is 1. The molecule has 1 aromatic carbocycles. The maximum atomic E-state index is 13.5. The minimum Gasteiger partial charge on any atom is -0.379 e. The lowest BCUT2D eigenvalue weighted by atomic mass is 10.1. The Bertz CT molecular complexity index is 1140. The van der Waals surface area contributed by atoms with Gasteiger partial charge in [-0.05, 0) is 66.8 Å². The van der Waals surface area contributed by atoms with Gasteiger partial charge in [0.25, 0.3) is 0 Å². The third-order valence-electron chi connectivity index (χ3n) is 5.28. The first-order valence-electron chi connectivity index (χ1n) is 11.3. The third kappa shape index (κ3) is 5.74. The first-order chi connectivity index (χ1) is 16.2. The van der Waals surface area contributed by atoms with Crippen molar-refractivity contribution >= 4 is 11.3 Å². The van der Waals surface area contributed by atoms with Crippen LogP contribution in [0.25, 0.3) is 33.2 Å². The summed E-state index contributed by atoms with van der Waals surface area (Å²) in [6.45, 7) is 8.95. The van der Waals surface area contributed by atoms with Crippen molar-refractivity contribution in [2.45, 2.75) is 26.8 Å². The van der Waals surface area contributed by atoms with Crippen LogP contribution in [0, 0.1) is 12.7 Å². The highest BCUT2D eigenvalue weighted by atomic mass is 32.1. The number of halogens is 1. The molecule has 0 atom stereocenters. The van der Waals surface area contributed by atoms with E-state index in [9.17, 15) is 4.39 Å². The van der Waals surface area contributed by atoms with Crippen LogP contribution in [0.2, 0.25) is 0 Å². The molecule has 5 nitrogen and oxygen atoms in total. The highest BCUT2D eigenvalue weighted by Gasteiger charge is 2.21. The van der Waals surface area contributed by atoms with E-state index in [1.807, 2.05) is 12.1 Å². The van der Waals surface area contributed by atoms with Gasteiger partial charge in [0.15, 0.2) is 5.82 Å². The molecule has 172 valence electrons. The van der Waals surface area contributed by atoms with E-state index in [1.165, 1.54) is 17.7 Å². The lowest BCUT2D eigenvalue weighted by Gasteiger charge is -2.11. The molecule has 0 radical (unpaired) electrons. The van der Waals surface area contributed by atoms with Gasteiger partial charge >= 0.3 is 0 Å². The van der Waals surface area contributed by atoms with Crippen LogP contribution in [-0.2, 0) is 11.3 Å². The molecule has 1 N–H and O–H groups in total. The Morgan fingerprint density at radius 1 is 1.06 bits per heavy atom. The zero-order chi connectivity index (χ0) is 23.0. The summed E-state index contributed by atoms with van der Waals surface area (Å²) in [5.74, 6) is 0.715. The van der Waals surface area contributed by atoms with Crippen LogP contribution in [0.5, 0.6) is 0 Å². The van der Waals surface area contributed by atoms with E-state index in [4.69, 9.17) is 9.72 Å². The van der Waals surface area contributed by atoms with E-state index in [2.05, 4.69) is 40.2 Å². The van der Waals surface area contributed by atoms with E-state index in [-0.39, 0.29) is 5.82 Å². The molecule has 4 heterocycles. The maximum Gasteiger partial charge on any atom is 0.151 e. The standard InChI is InChI=1S/C22H20FN3S.C4H9NO/c1-3-12-26-21(17-8-10-24-11-9-17)20(16-4-6-18(23)7-5-16)25-22(26)19-13-15(2)14-27-19;1-3-6-4-2-5-1/h4-11,13-14H,3,12H2,1-2H3;5H,1-4H2. The number of nitrogens with zero attached hydrogens (tertiary/aromatic N) is 3. The third-order valence-corrected chi connectivity index (χ3v) is 6.33. The van der Waals surface area contributed by atoms with Crippen LogP contribution in [0.15, 0.2) is 60.2 Å². The second-order valence-electron chi connectivity index (χ2n) is 7.88. The maximum absolute atomic E-state index is 13.5. The minimum atomic E-state index is -0.244. The Morgan fingerprint density at radius 2 is 1.79 bits per heavy atom. The Labute approximate surface area is 198 Å². The number of imidazole rings is 1. The lowest BCUT2D eigenvalue weighted by Crippen LogP contribution is -2.30. The smallest absolute Gasteiger partial charge is 0.151 e. The minimum absolute atomic E-state index is 0.244. The summed E-state index contributed by atoms with van der Waals surface area (Å²) in [6.07, 6.45) is 4.58. The SMILES string of the molecule is C1COCCN1.CCCn1c(-c2cc(C)cs2)nc(-c2ccc(F)cc2)c1-c1ccncc1. The van der Waals surface area contributed by atoms with Crippen molar-refractivity contribution in [3.05, 3.63) is 71.6 Å². The van der Waals surface area contributed by atoms with Crippen LogP contribution in [0.1, 0.15) is 18.9 Å². The monoisotopic (exact) mass is 464 g/mol. The summed E-state index contributed by atoms with van der Waals surface area (Å²) in [4.78, 5) is 10.3. The highest BCUT2D eigenvalue weighted by Crippen LogP contribution is 2.38. The molecule has 0 bridgehead atoms. The predicted octanol–water partition coefficient (Wildman–Crippen LogP) is 5.80. The number of thiophene rings is 1. The van der Waals surface area contributed by atoms with Gasteiger partial charge in [-0.15, -0.1) is 11.3 Å². The summed E-state index contributed by atoms with van der Waals surface area (Å²) in [6, 6.07) is 12.7. The fourth-order valence-electron chi connectivity index (χ4n) is 3.76. The van der Waals surface area contributed by atoms with Crippen LogP contribution >= 0.6 is 11.3 Å². The number of aryl methyl sites for hydroxylation is 1. The number of hydrogen-bond acceptors (Lipinski definition) is 5. The van der Waals surface area contributed by atoms with Crippen molar-refractivity contribution in [1.29, 1.82) is 0 Å². The lowest BCUT2D eigenvalue weighted by molar-refractivity contribution is 0.109. The van der Waals surface area contributed by atoms with E-state index in [1.54, 1.807) is 35.9 Å². The van der Waals surface area contributed by atoms with Crippen molar-refractivity contribution in [3.8, 4) is 33.2 Å². The number of aromatic nitrogens is 3. The average Bonchev–Trinajstić information content (AvgIpc) is 3.45. The molecular weight excluding hydrogens is 435 g/mol. The molecule has 1 aliphatic rings. The number of rotatable bonds is 5. The van der Waals surface area contributed by atoms with Crippen LogP contribution < -0.4 is 5.32 Å². The number of nitrogens with one attached hydrogen (secondary N) is 1. The topological polar surface area (TPSA) is 52.0 Å². The van der Waals surface area contributed by atoms with Crippen LogP contribution in [0.4, 0.5) is 4.39 Å². The Balaban J connectivity index is 0.000000376. The Hall–Kier alpha value is -2.87. The Kier molecular flexibility index (Phi) is 7.99. The number of ether oxygens (including phenoxy) is 1. The molecule has 0 unspecified atom stereocenters. The Morgan fingerprint density at radius 3 is 2.33 bits per heavy atom. The molecule has 5 rings (SSSR count). The first-order valence-corrected chi connectivity index (χ1v) is 12.2. The molecule has 7 heteroatoms. The van der Waals surface area contributed by atoms with Crippen molar-refractivity contribution in [1.82, 2.24) is 19.9 Å². The van der Waals surface area contributed by atoms with Gasteiger partial charge in [0.1, 0.15) is 5.82 Å². The van der Waals surface area contributed by atoms with Crippen molar-refractivity contribution in [2.75, 3.05) is 26.3 Å². The fraction of sp³-hybridized carbons (Fsp3) is 0.308. The molecular formula is C26H29FN4OS. The summed E-state index contributed by atoms with van der Waals surface area (Å²) in [5, 5.41) is 5.30. The largest absolute Gasteiger partial charge is 0.379 e. The van der Waals surface area contributed by atoms with Gasteiger partial charge < -0.3 is 14.6 Å². The molecule has 0 aliphatic carbocycles. The summed E-state index contributed by atoms with van der Waals surface area (Å²) >= 11 is 1.70. The summed E-state index contributed by atoms with van der Waals surface area (Å²) in [5.41, 5.74) is 5.12. The van der Waals surface area contributed by atoms with Gasteiger partial charge in [0, 0.05) is 43.2 Å². The summed E-state index contributed by atoms with van der Waals surface area (Å²) in [7, 11) is 0.